The summed E-state index contributed by atoms with van der Waals surface area (Å²) < 4.78 is 0. The maximum Gasteiger partial charge on any atom is 1.00 e. The Hall–Kier alpha value is 1.23. The minimum atomic E-state index is -0.208. The van der Waals surface area contributed by atoms with Gasteiger partial charge in [-0.1, -0.05) is 0 Å². The average Bonchev–Trinajstić information content (AvgIpc) is 1.35. The molecule has 0 rings (SSSR count). The van der Waals surface area contributed by atoms with Gasteiger partial charge in [0.15, 0.2) is 5.78 Å². The summed E-state index contributed by atoms with van der Waals surface area (Å²) in [7, 11) is 0. The Morgan fingerprint density at radius 2 is 2.43 bits per heavy atom. The van der Waals surface area contributed by atoms with Crippen LogP contribution in [0, 0.1) is 0 Å². The number of Topliss-reactive ketones (excluding diaryl/α,β-unsaturated/α-hetero) is 1. The molecular weight excluding hydrogens is 123 g/mol. The van der Waals surface area contributed by atoms with Crippen LogP contribution in [0.15, 0.2) is 0 Å². The molecule has 0 bridgehead atoms. The van der Waals surface area contributed by atoms with E-state index in [1.807, 2.05) is 0 Å². The third-order valence-electron chi connectivity index (χ3n) is 0.268. The molecule has 38 valence electrons. The summed E-state index contributed by atoms with van der Waals surface area (Å²) in [5, 5.41) is 7.52. The van der Waals surface area contributed by atoms with Crippen LogP contribution in [0.4, 0.5) is 0 Å². The zero-order chi connectivity index (χ0) is 4.99. The van der Waals surface area contributed by atoms with Crippen LogP contribution in [-0.4, -0.2) is 17.6 Å². The number of hydrogen-bond acceptors (Lipinski definition) is 3. The average molecular weight is 130 g/mol. The van der Waals surface area contributed by atoms with E-state index in [4.69, 9.17) is 5.26 Å². The standard InChI is InChI=1S/C3H6O3.K.H/c1-3(4)2-6-5;;/h5H,2H2,1H3;;/q;+1;-1. The van der Waals surface area contributed by atoms with Gasteiger partial charge >= 0.3 is 51.4 Å². The molecule has 0 aromatic rings. The van der Waals surface area contributed by atoms with Crippen molar-refractivity contribution in [3.63, 3.8) is 0 Å². The Bertz CT molecular complexity index is 58.5. The van der Waals surface area contributed by atoms with Crippen molar-refractivity contribution >= 4 is 5.78 Å². The fourth-order valence-electron chi connectivity index (χ4n) is 0.0909. The van der Waals surface area contributed by atoms with E-state index in [1.54, 1.807) is 0 Å². The van der Waals surface area contributed by atoms with E-state index in [2.05, 4.69) is 4.89 Å². The molecule has 0 radical (unpaired) electrons. The maximum absolute atomic E-state index is 9.76. The van der Waals surface area contributed by atoms with Gasteiger partial charge < -0.3 is 1.43 Å². The predicted molar refractivity (Wildman–Crippen MR) is 20.4 cm³/mol. The smallest absolute Gasteiger partial charge is 1.00 e. The Kier molecular flexibility index (Phi) is 11.4. The number of ketones is 1. The van der Waals surface area contributed by atoms with E-state index in [-0.39, 0.29) is 65.2 Å². The van der Waals surface area contributed by atoms with Crippen molar-refractivity contribution in [2.24, 2.45) is 0 Å². The first-order valence-electron chi connectivity index (χ1n) is 1.53. The normalized spacial score (nSPS) is 7.14. The van der Waals surface area contributed by atoms with Crippen LogP contribution in [-0.2, 0) is 9.68 Å². The fraction of sp³-hybridized carbons (Fsp3) is 0.667. The van der Waals surface area contributed by atoms with E-state index >= 15 is 0 Å². The van der Waals surface area contributed by atoms with Gasteiger partial charge in [-0.05, 0) is 6.92 Å². The van der Waals surface area contributed by atoms with Gasteiger partial charge in [0.05, 0.1) is 0 Å². The Labute approximate surface area is 85.9 Å². The van der Waals surface area contributed by atoms with Gasteiger partial charge in [-0.25, -0.2) is 4.89 Å². The Morgan fingerprint density at radius 1 is 2.00 bits per heavy atom. The number of hydrogen-bond donors (Lipinski definition) is 1. The number of rotatable bonds is 2. The first kappa shape index (κ1) is 11.1. The van der Waals surface area contributed by atoms with Crippen molar-refractivity contribution in [1.82, 2.24) is 0 Å². The molecule has 0 spiro atoms. The summed E-state index contributed by atoms with van der Waals surface area (Å²) >= 11 is 0. The molecule has 0 aromatic carbocycles. The second kappa shape index (κ2) is 7.23. The van der Waals surface area contributed by atoms with Crippen molar-refractivity contribution in [3.05, 3.63) is 0 Å². The van der Waals surface area contributed by atoms with E-state index in [0.717, 1.165) is 0 Å². The molecule has 7 heavy (non-hydrogen) atoms. The second-order valence-corrected chi connectivity index (χ2v) is 0.975. The molecule has 0 unspecified atom stereocenters. The summed E-state index contributed by atoms with van der Waals surface area (Å²) in [5.74, 6) is -0.183. The van der Waals surface area contributed by atoms with Crippen LogP contribution in [0.1, 0.15) is 8.35 Å². The topological polar surface area (TPSA) is 46.5 Å². The van der Waals surface area contributed by atoms with Crippen LogP contribution in [0.3, 0.4) is 0 Å². The van der Waals surface area contributed by atoms with E-state index < -0.39 is 0 Å². The quantitative estimate of drug-likeness (QED) is 0.249. The molecular formula is C3H7KO3. The van der Waals surface area contributed by atoms with E-state index in [0.29, 0.717) is 0 Å². The second-order valence-electron chi connectivity index (χ2n) is 0.975. The van der Waals surface area contributed by atoms with Crippen LogP contribution in [0.2, 0.25) is 0 Å². The van der Waals surface area contributed by atoms with Gasteiger partial charge in [0.1, 0.15) is 6.61 Å². The van der Waals surface area contributed by atoms with Gasteiger partial charge in [-0.2, -0.15) is 0 Å². The van der Waals surface area contributed by atoms with Crippen molar-refractivity contribution in [2.75, 3.05) is 6.61 Å². The molecule has 0 heterocycles. The summed E-state index contributed by atoms with van der Waals surface area (Å²) in [5.41, 5.74) is 0. The van der Waals surface area contributed by atoms with Crippen molar-refractivity contribution in [3.8, 4) is 0 Å². The van der Waals surface area contributed by atoms with Crippen LogP contribution < -0.4 is 51.4 Å². The van der Waals surface area contributed by atoms with Crippen LogP contribution >= 0.6 is 0 Å². The molecule has 4 heteroatoms. The van der Waals surface area contributed by atoms with Crippen LogP contribution in [0.25, 0.3) is 0 Å². The van der Waals surface area contributed by atoms with Gasteiger partial charge in [-0.15, -0.1) is 0 Å². The number of carbonyl (C=O) groups excluding carboxylic acids is 1. The first-order valence-corrected chi connectivity index (χ1v) is 1.53. The molecule has 0 saturated heterocycles. The predicted octanol–water partition coefficient (Wildman–Crippen LogP) is -2.82. The number of carbonyl (C=O) groups is 1. The molecule has 0 aliphatic carbocycles. The van der Waals surface area contributed by atoms with Crippen molar-refractivity contribution < 1.29 is 67.8 Å². The SMILES string of the molecule is CC(=O)COO.[H-].[K+]. The largest absolute Gasteiger partial charge is 1.00 e. The van der Waals surface area contributed by atoms with Gasteiger partial charge in [0.2, 0.25) is 0 Å². The molecule has 0 aromatic heterocycles. The minimum Gasteiger partial charge on any atom is -1.00 e. The van der Waals surface area contributed by atoms with Crippen molar-refractivity contribution in [1.29, 1.82) is 0 Å². The maximum atomic E-state index is 9.76. The summed E-state index contributed by atoms with van der Waals surface area (Å²) in [6, 6.07) is 0. The first-order chi connectivity index (χ1) is 2.77. The van der Waals surface area contributed by atoms with Gasteiger partial charge in [0.25, 0.3) is 0 Å². The van der Waals surface area contributed by atoms with E-state index in [1.165, 1.54) is 6.92 Å². The molecule has 0 fully saturated rings. The van der Waals surface area contributed by atoms with Gasteiger partial charge in [0, 0.05) is 0 Å². The Balaban J connectivity index is -0.000000125. The summed E-state index contributed by atoms with van der Waals surface area (Å²) in [6.45, 7) is 1.12. The molecule has 3 nitrogen and oxygen atoms in total. The van der Waals surface area contributed by atoms with Crippen molar-refractivity contribution in [2.45, 2.75) is 6.92 Å². The third-order valence-corrected chi connectivity index (χ3v) is 0.268. The summed E-state index contributed by atoms with van der Waals surface area (Å²) in [6.07, 6.45) is 0. The Morgan fingerprint density at radius 3 is 2.43 bits per heavy atom. The van der Waals surface area contributed by atoms with Gasteiger partial charge in [-0.3, -0.25) is 10.1 Å². The van der Waals surface area contributed by atoms with E-state index in [9.17, 15) is 4.79 Å². The molecule has 0 aliphatic heterocycles. The third kappa shape index (κ3) is 11.1. The monoisotopic (exact) mass is 130 g/mol. The molecule has 0 atom stereocenters. The summed E-state index contributed by atoms with van der Waals surface area (Å²) in [4.78, 5) is 13.2. The zero-order valence-electron chi connectivity index (χ0n) is 5.47. The molecule has 1 N–H and O–H groups in total. The molecule has 0 saturated carbocycles. The molecule has 0 amide bonds. The van der Waals surface area contributed by atoms with Crippen LogP contribution in [0.5, 0.6) is 0 Å². The minimum absolute atomic E-state index is 0. The fourth-order valence-corrected chi connectivity index (χ4v) is 0.0909. The zero-order valence-corrected chi connectivity index (χ0v) is 7.59. The molecule has 0 aliphatic rings.